The van der Waals surface area contributed by atoms with Crippen molar-refractivity contribution in [2.45, 2.75) is 19.9 Å². The number of hydrogen-bond acceptors (Lipinski definition) is 3. The summed E-state index contributed by atoms with van der Waals surface area (Å²) in [5.41, 5.74) is 2.01. The van der Waals surface area contributed by atoms with Gasteiger partial charge in [-0.25, -0.2) is 4.98 Å². The van der Waals surface area contributed by atoms with Crippen LogP contribution in [0.3, 0.4) is 0 Å². The number of benzene rings is 1. The quantitative estimate of drug-likeness (QED) is 0.727. The number of nitrogens with one attached hydrogen (secondary N) is 1. The van der Waals surface area contributed by atoms with Gasteiger partial charge in [-0.1, -0.05) is 11.6 Å². The maximum atomic E-state index is 6.00. The van der Waals surface area contributed by atoms with Gasteiger partial charge in [-0.2, -0.15) is 0 Å². The molecule has 0 unspecified atom stereocenters. The zero-order valence-electron chi connectivity index (χ0n) is 11.9. The minimum absolute atomic E-state index is 0.711. The van der Waals surface area contributed by atoms with Crippen LogP contribution in [0.25, 0.3) is 10.9 Å². The monoisotopic (exact) mass is 300 g/mol. The molecule has 0 aliphatic carbocycles. The summed E-state index contributed by atoms with van der Waals surface area (Å²) in [6.07, 6.45) is 6.69. The van der Waals surface area contributed by atoms with Crippen molar-refractivity contribution < 1.29 is 0 Å². The van der Waals surface area contributed by atoms with Crippen LogP contribution in [0.15, 0.2) is 42.9 Å². The molecule has 0 radical (unpaired) electrons. The molecule has 0 aliphatic heterocycles. The van der Waals surface area contributed by atoms with Crippen LogP contribution in [0.1, 0.15) is 12.2 Å². The summed E-state index contributed by atoms with van der Waals surface area (Å²) in [6.45, 7) is 3.89. The van der Waals surface area contributed by atoms with Gasteiger partial charge in [-0.05, 0) is 37.6 Å². The molecule has 0 saturated heterocycles. The van der Waals surface area contributed by atoms with Crippen LogP contribution in [0.2, 0.25) is 5.02 Å². The third-order valence-corrected chi connectivity index (χ3v) is 3.75. The lowest BCUT2D eigenvalue weighted by Gasteiger charge is -2.10. The van der Waals surface area contributed by atoms with Gasteiger partial charge in [0.2, 0.25) is 0 Å². The van der Waals surface area contributed by atoms with E-state index in [0.717, 1.165) is 41.9 Å². The molecule has 4 nitrogen and oxygen atoms in total. The highest BCUT2D eigenvalue weighted by Gasteiger charge is 2.02. The number of imidazole rings is 1. The van der Waals surface area contributed by atoms with Gasteiger partial charge in [0.25, 0.3) is 0 Å². The van der Waals surface area contributed by atoms with E-state index in [9.17, 15) is 0 Å². The zero-order valence-corrected chi connectivity index (χ0v) is 12.6. The number of pyridine rings is 1. The van der Waals surface area contributed by atoms with E-state index in [4.69, 9.17) is 11.6 Å². The van der Waals surface area contributed by atoms with E-state index >= 15 is 0 Å². The van der Waals surface area contributed by atoms with Gasteiger partial charge in [-0.15, -0.1) is 0 Å². The zero-order chi connectivity index (χ0) is 14.7. The van der Waals surface area contributed by atoms with Crippen molar-refractivity contribution >= 4 is 28.2 Å². The van der Waals surface area contributed by atoms with Gasteiger partial charge in [0, 0.05) is 47.8 Å². The van der Waals surface area contributed by atoms with Crippen molar-refractivity contribution in [2.75, 3.05) is 11.9 Å². The van der Waals surface area contributed by atoms with E-state index in [1.54, 1.807) is 6.20 Å². The molecule has 5 heteroatoms. The summed E-state index contributed by atoms with van der Waals surface area (Å²) in [6, 6.07) is 7.79. The van der Waals surface area contributed by atoms with Gasteiger partial charge >= 0.3 is 0 Å². The average Bonchev–Trinajstić information content (AvgIpc) is 2.88. The van der Waals surface area contributed by atoms with E-state index in [1.807, 2.05) is 43.6 Å². The van der Waals surface area contributed by atoms with Gasteiger partial charge in [-0.3, -0.25) is 4.98 Å². The number of fused-ring (bicyclic) bond motifs is 1. The predicted molar refractivity (Wildman–Crippen MR) is 86.8 cm³/mol. The average molecular weight is 301 g/mol. The highest BCUT2D eigenvalue weighted by atomic mass is 35.5. The van der Waals surface area contributed by atoms with Crippen LogP contribution in [0.4, 0.5) is 5.69 Å². The maximum Gasteiger partial charge on any atom is 0.105 e. The van der Waals surface area contributed by atoms with Crippen LogP contribution in [0.5, 0.6) is 0 Å². The Balaban J connectivity index is 1.64. The van der Waals surface area contributed by atoms with E-state index < -0.39 is 0 Å². The smallest absolute Gasteiger partial charge is 0.105 e. The van der Waals surface area contributed by atoms with E-state index in [1.165, 1.54) is 0 Å². The van der Waals surface area contributed by atoms with Crippen LogP contribution in [0, 0.1) is 6.92 Å². The fourth-order valence-electron chi connectivity index (χ4n) is 2.39. The Bertz CT molecular complexity index is 751. The maximum absolute atomic E-state index is 6.00. The van der Waals surface area contributed by atoms with Gasteiger partial charge in [0.15, 0.2) is 0 Å². The van der Waals surface area contributed by atoms with Crippen molar-refractivity contribution in [3.8, 4) is 0 Å². The Labute approximate surface area is 128 Å². The molecule has 3 aromatic rings. The molecule has 0 spiro atoms. The third kappa shape index (κ3) is 3.16. The van der Waals surface area contributed by atoms with E-state index in [-0.39, 0.29) is 0 Å². The Morgan fingerprint density at radius 1 is 1.19 bits per heavy atom. The molecular weight excluding hydrogens is 284 g/mol. The summed E-state index contributed by atoms with van der Waals surface area (Å²) in [4.78, 5) is 8.57. The van der Waals surface area contributed by atoms with Crippen molar-refractivity contribution in [1.82, 2.24) is 14.5 Å². The number of aromatic nitrogens is 3. The highest BCUT2D eigenvalue weighted by Crippen LogP contribution is 2.24. The number of rotatable bonds is 5. The molecule has 2 heterocycles. The fourth-order valence-corrected chi connectivity index (χ4v) is 2.55. The largest absolute Gasteiger partial charge is 0.384 e. The second-order valence-corrected chi connectivity index (χ2v) is 5.40. The molecule has 0 saturated carbocycles. The summed E-state index contributed by atoms with van der Waals surface area (Å²) >= 11 is 6.00. The SMILES string of the molecule is Cc1nccn1CCCNc1ccnc2cc(Cl)ccc12. The summed E-state index contributed by atoms with van der Waals surface area (Å²) in [5.74, 6) is 1.05. The second kappa shape index (κ2) is 6.14. The molecular formula is C16H17ClN4. The molecule has 3 rings (SSSR count). The van der Waals surface area contributed by atoms with Gasteiger partial charge < -0.3 is 9.88 Å². The molecule has 108 valence electrons. The normalized spacial score (nSPS) is 11.0. The molecule has 2 aromatic heterocycles. The lowest BCUT2D eigenvalue weighted by molar-refractivity contribution is 0.643. The number of hydrogen-bond donors (Lipinski definition) is 1. The predicted octanol–water partition coefficient (Wildman–Crippen LogP) is 3.90. The standard InChI is InChI=1S/C16H17ClN4/c1-12-18-8-10-21(12)9-2-6-19-15-5-7-20-16-11-13(17)3-4-14(15)16/h3-5,7-8,10-11H,2,6,9H2,1H3,(H,19,20). The Morgan fingerprint density at radius 3 is 2.90 bits per heavy atom. The molecule has 21 heavy (non-hydrogen) atoms. The topological polar surface area (TPSA) is 42.7 Å². The Kier molecular flexibility index (Phi) is 4.06. The molecule has 1 aromatic carbocycles. The minimum Gasteiger partial charge on any atom is -0.384 e. The molecule has 0 aliphatic rings. The number of aryl methyl sites for hydroxylation is 2. The highest BCUT2D eigenvalue weighted by molar-refractivity contribution is 6.31. The van der Waals surface area contributed by atoms with Crippen LogP contribution < -0.4 is 5.32 Å². The number of halogens is 1. The van der Waals surface area contributed by atoms with E-state index in [0.29, 0.717) is 5.02 Å². The third-order valence-electron chi connectivity index (χ3n) is 3.52. The number of anilines is 1. The van der Waals surface area contributed by atoms with E-state index in [2.05, 4.69) is 19.9 Å². The van der Waals surface area contributed by atoms with Crippen molar-refractivity contribution in [3.05, 3.63) is 53.7 Å². The van der Waals surface area contributed by atoms with Crippen LogP contribution in [-0.2, 0) is 6.54 Å². The second-order valence-electron chi connectivity index (χ2n) is 4.97. The number of nitrogens with zero attached hydrogens (tertiary/aromatic N) is 3. The molecule has 1 N–H and O–H groups in total. The lowest BCUT2D eigenvalue weighted by Crippen LogP contribution is -2.07. The molecule has 0 amide bonds. The molecule has 0 atom stereocenters. The Morgan fingerprint density at radius 2 is 2.10 bits per heavy atom. The van der Waals surface area contributed by atoms with Crippen molar-refractivity contribution in [3.63, 3.8) is 0 Å². The first kappa shape index (κ1) is 13.9. The van der Waals surface area contributed by atoms with Crippen LogP contribution >= 0.6 is 11.6 Å². The summed E-state index contributed by atoms with van der Waals surface area (Å²) in [5, 5.41) is 5.28. The fraction of sp³-hybridized carbons (Fsp3) is 0.250. The van der Waals surface area contributed by atoms with Gasteiger partial charge in [0.05, 0.1) is 5.52 Å². The molecule has 0 fully saturated rings. The molecule has 0 bridgehead atoms. The summed E-state index contributed by atoms with van der Waals surface area (Å²) in [7, 11) is 0. The lowest BCUT2D eigenvalue weighted by atomic mass is 10.2. The van der Waals surface area contributed by atoms with Crippen molar-refractivity contribution in [2.24, 2.45) is 0 Å². The Hall–Kier alpha value is -2.07. The summed E-state index contributed by atoms with van der Waals surface area (Å²) < 4.78 is 2.16. The van der Waals surface area contributed by atoms with Gasteiger partial charge in [0.1, 0.15) is 5.82 Å². The minimum atomic E-state index is 0.711. The first-order valence-electron chi connectivity index (χ1n) is 7.00. The van der Waals surface area contributed by atoms with Crippen LogP contribution in [-0.4, -0.2) is 21.1 Å². The first-order chi connectivity index (χ1) is 10.2. The first-order valence-corrected chi connectivity index (χ1v) is 7.38. The van der Waals surface area contributed by atoms with Crippen molar-refractivity contribution in [1.29, 1.82) is 0 Å².